The first-order valence-electron chi connectivity index (χ1n) is 6.41. The second kappa shape index (κ2) is 5.88. The SMILES string of the molecule is O=C(O)CC1CCCCN1S(=O)(=O)c1ccccc1F. The summed E-state index contributed by atoms with van der Waals surface area (Å²) in [5.74, 6) is -1.86. The molecule has 1 fully saturated rings. The first-order valence-corrected chi connectivity index (χ1v) is 7.85. The highest BCUT2D eigenvalue weighted by Crippen LogP contribution is 2.28. The maximum Gasteiger partial charge on any atom is 0.304 e. The van der Waals surface area contributed by atoms with Crippen molar-refractivity contribution < 1.29 is 22.7 Å². The van der Waals surface area contributed by atoms with Gasteiger partial charge in [0.25, 0.3) is 0 Å². The lowest BCUT2D eigenvalue weighted by molar-refractivity contribution is -0.138. The Labute approximate surface area is 117 Å². The number of carbonyl (C=O) groups is 1. The fourth-order valence-corrected chi connectivity index (χ4v) is 4.24. The summed E-state index contributed by atoms with van der Waals surface area (Å²) in [4.78, 5) is 10.5. The number of rotatable bonds is 4. The number of carboxylic acids is 1. The van der Waals surface area contributed by atoms with Crippen LogP contribution in [0, 0.1) is 5.82 Å². The second-order valence-corrected chi connectivity index (χ2v) is 6.65. The number of aliphatic carboxylic acids is 1. The van der Waals surface area contributed by atoms with Gasteiger partial charge < -0.3 is 5.11 Å². The third-order valence-corrected chi connectivity index (χ3v) is 5.39. The van der Waals surface area contributed by atoms with E-state index < -0.39 is 32.7 Å². The van der Waals surface area contributed by atoms with Gasteiger partial charge in [-0.1, -0.05) is 18.6 Å². The molecule has 0 aliphatic carbocycles. The van der Waals surface area contributed by atoms with Gasteiger partial charge >= 0.3 is 5.97 Å². The van der Waals surface area contributed by atoms with Crippen molar-refractivity contribution >= 4 is 16.0 Å². The first kappa shape index (κ1) is 14.9. The number of benzene rings is 1. The van der Waals surface area contributed by atoms with Crippen molar-refractivity contribution in [3.63, 3.8) is 0 Å². The lowest BCUT2D eigenvalue weighted by atomic mass is 10.0. The lowest BCUT2D eigenvalue weighted by Gasteiger charge is -2.33. The Hall–Kier alpha value is -1.47. The van der Waals surface area contributed by atoms with Gasteiger partial charge in [0.15, 0.2) is 0 Å². The number of carboxylic acid groups (broad SMARTS) is 1. The molecule has 0 saturated carbocycles. The molecule has 1 aromatic rings. The van der Waals surface area contributed by atoms with Crippen LogP contribution in [0.4, 0.5) is 4.39 Å². The van der Waals surface area contributed by atoms with Crippen molar-refractivity contribution in [3.05, 3.63) is 30.1 Å². The van der Waals surface area contributed by atoms with Gasteiger partial charge in [-0.15, -0.1) is 0 Å². The summed E-state index contributed by atoms with van der Waals surface area (Å²) in [5.41, 5.74) is 0. The average molecular weight is 301 g/mol. The molecule has 0 bridgehead atoms. The highest BCUT2D eigenvalue weighted by atomic mass is 32.2. The zero-order valence-corrected chi connectivity index (χ0v) is 11.6. The summed E-state index contributed by atoms with van der Waals surface area (Å²) in [5, 5.41) is 8.88. The molecule has 1 saturated heterocycles. The van der Waals surface area contributed by atoms with Crippen LogP contribution < -0.4 is 0 Å². The van der Waals surface area contributed by atoms with E-state index >= 15 is 0 Å². The third kappa shape index (κ3) is 2.99. The normalized spacial score (nSPS) is 20.8. The molecular weight excluding hydrogens is 285 g/mol. The van der Waals surface area contributed by atoms with Crippen LogP contribution in [0.1, 0.15) is 25.7 Å². The van der Waals surface area contributed by atoms with Crippen LogP contribution in [0.2, 0.25) is 0 Å². The summed E-state index contributed by atoms with van der Waals surface area (Å²) < 4.78 is 39.8. The fraction of sp³-hybridized carbons (Fsp3) is 0.462. The minimum absolute atomic E-state index is 0.231. The molecule has 0 amide bonds. The summed E-state index contributed by atoms with van der Waals surface area (Å²) in [7, 11) is -3.99. The van der Waals surface area contributed by atoms with Crippen LogP contribution in [0.25, 0.3) is 0 Å². The van der Waals surface area contributed by atoms with Crippen LogP contribution in [-0.2, 0) is 14.8 Å². The molecule has 0 radical (unpaired) electrons. The molecule has 2 rings (SSSR count). The van der Waals surface area contributed by atoms with E-state index in [0.29, 0.717) is 12.8 Å². The molecular formula is C13H16FNO4S. The maximum absolute atomic E-state index is 13.7. The summed E-state index contributed by atoms with van der Waals surface area (Å²) in [6.07, 6.45) is 1.67. The highest BCUT2D eigenvalue weighted by molar-refractivity contribution is 7.89. The zero-order chi connectivity index (χ0) is 14.8. The fourth-order valence-electron chi connectivity index (χ4n) is 2.48. The van der Waals surface area contributed by atoms with Gasteiger partial charge in [-0.2, -0.15) is 4.31 Å². The molecule has 0 aromatic heterocycles. The molecule has 1 aliphatic rings. The standard InChI is InChI=1S/C13H16FNO4S/c14-11-6-1-2-7-12(11)20(18,19)15-8-4-3-5-10(15)9-13(16)17/h1-2,6-7,10H,3-5,8-9H2,(H,16,17). The van der Waals surface area contributed by atoms with Crippen molar-refractivity contribution in [2.75, 3.05) is 6.54 Å². The van der Waals surface area contributed by atoms with Gasteiger partial charge in [0, 0.05) is 12.6 Å². The number of halogens is 1. The largest absolute Gasteiger partial charge is 0.481 e. The summed E-state index contributed by atoms with van der Waals surface area (Å²) in [6.45, 7) is 0.231. The Bertz CT molecular complexity index is 602. The van der Waals surface area contributed by atoms with Gasteiger partial charge in [-0.25, -0.2) is 12.8 Å². The molecule has 1 atom stereocenters. The van der Waals surface area contributed by atoms with Crippen molar-refractivity contribution in [3.8, 4) is 0 Å². The van der Waals surface area contributed by atoms with Gasteiger partial charge in [0.05, 0.1) is 6.42 Å². The number of hydrogen-bond acceptors (Lipinski definition) is 3. The molecule has 1 aliphatic heterocycles. The average Bonchev–Trinajstić information content (AvgIpc) is 2.38. The molecule has 1 N–H and O–H groups in total. The Balaban J connectivity index is 2.36. The zero-order valence-electron chi connectivity index (χ0n) is 10.8. The number of nitrogens with zero attached hydrogens (tertiary/aromatic N) is 1. The minimum Gasteiger partial charge on any atom is -0.481 e. The molecule has 0 spiro atoms. The van der Waals surface area contributed by atoms with Gasteiger partial charge in [0.1, 0.15) is 10.7 Å². The van der Waals surface area contributed by atoms with E-state index in [9.17, 15) is 17.6 Å². The van der Waals surface area contributed by atoms with Crippen LogP contribution in [0.5, 0.6) is 0 Å². The first-order chi connectivity index (χ1) is 9.43. The Morgan fingerprint density at radius 3 is 2.70 bits per heavy atom. The molecule has 1 aromatic carbocycles. The topological polar surface area (TPSA) is 74.7 Å². The third-order valence-electron chi connectivity index (χ3n) is 3.41. The second-order valence-electron chi connectivity index (χ2n) is 4.79. The molecule has 1 heterocycles. The van der Waals surface area contributed by atoms with E-state index in [4.69, 9.17) is 5.11 Å². The molecule has 1 unspecified atom stereocenters. The highest BCUT2D eigenvalue weighted by Gasteiger charge is 2.35. The Kier molecular flexibility index (Phi) is 4.39. The maximum atomic E-state index is 13.7. The molecule has 110 valence electrons. The van der Waals surface area contributed by atoms with Crippen LogP contribution in [-0.4, -0.2) is 36.4 Å². The van der Waals surface area contributed by atoms with E-state index in [2.05, 4.69) is 0 Å². The van der Waals surface area contributed by atoms with Crippen molar-refractivity contribution in [1.82, 2.24) is 4.31 Å². The number of piperidine rings is 1. The van der Waals surface area contributed by atoms with Crippen molar-refractivity contribution in [2.45, 2.75) is 36.6 Å². The summed E-state index contributed by atoms with van der Waals surface area (Å²) in [6, 6.07) is 4.55. The van der Waals surface area contributed by atoms with Crippen molar-refractivity contribution in [1.29, 1.82) is 0 Å². The van der Waals surface area contributed by atoms with Crippen LogP contribution in [0.3, 0.4) is 0 Å². The van der Waals surface area contributed by atoms with Gasteiger partial charge in [-0.3, -0.25) is 4.79 Å². The van der Waals surface area contributed by atoms with E-state index in [1.807, 2.05) is 0 Å². The van der Waals surface area contributed by atoms with Crippen LogP contribution in [0.15, 0.2) is 29.2 Å². The lowest BCUT2D eigenvalue weighted by Crippen LogP contribution is -2.44. The van der Waals surface area contributed by atoms with Crippen LogP contribution >= 0.6 is 0 Å². The van der Waals surface area contributed by atoms with E-state index in [0.717, 1.165) is 16.8 Å². The monoisotopic (exact) mass is 301 g/mol. The smallest absolute Gasteiger partial charge is 0.304 e. The summed E-state index contributed by atoms with van der Waals surface area (Å²) >= 11 is 0. The molecule has 5 nitrogen and oxygen atoms in total. The van der Waals surface area contributed by atoms with Gasteiger partial charge in [-0.05, 0) is 25.0 Å². The van der Waals surface area contributed by atoms with E-state index in [1.165, 1.54) is 18.2 Å². The Morgan fingerprint density at radius 2 is 2.05 bits per heavy atom. The van der Waals surface area contributed by atoms with E-state index in [-0.39, 0.29) is 13.0 Å². The predicted octanol–water partition coefficient (Wildman–Crippen LogP) is 1.84. The minimum atomic E-state index is -3.99. The van der Waals surface area contributed by atoms with E-state index in [1.54, 1.807) is 0 Å². The molecule has 7 heteroatoms. The predicted molar refractivity (Wildman–Crippen MR) is 70.2 cm³/mol. The quantitative estimate of drug-likeness (QED) is 0.921. The number of hydrogen-bond donors (Lipinski definition) is 1. The Morgan fingerprint density at radius 1 is 1.35 bits per heavy atom. The van der Waals surface area contributed by atoms with Gasteiger partial charge in [0.2, 0.25) is 10.0 Å². The number of sulfonamides is 1. The molecule has 20 heavy (non-hydrogen) atoms. The van der Waals surface area contributed by atoms with Crippen molar-refractivity contribution in [2.24, 2.45) is 0 Å².